The summed E-state index contributed by atoms with van der Waals surface area (Å²) < 4.78 is 51.0. The normalized spacial score (nSPS) is 39.0. The monoisotopic (exact) mass is 421 g/mol. The summed E-state index contributed by atoms with van der Waals surface area (Å²) in [6.45, 7) is 2.21. The Balaban J connectivity index is 1.29. The van der Waals surface area contributed by atoms with Crippen LogP contribution in [0.25, 0.3) is 0 Å². The third-order valence-electron chi connectivity index (χ3n) is 6.28. The van der Waals surface area contributed by atoms with Crippen molar-refractivity contribution in [1.82, 2.24) is 26.6 Å². The van der Waals surface area contributed by atoms with Crippen LogP contribution in [-0.2, 0) is 9.47 Å². The van der Waals surface area contributed by atoms with Crippen LogP contribution in [0.2, 0.25) is 0 Å². The first-order valence-corrected chi connectivity index (χ1v) is 11.0. The number of halogens is 3. The molecule has 2 aliphatic heterocycles. The van der Waals surface area contributed by atoms with Gasteiger partial charge in [-0.2, -0.15) is 13.2 Å². The van der Waals surface area contributed by atoms with Crippen molar-refractivity contribution in [1.29, 1.82) is 0 Å². The van der Waals surface area contributed by atoms with Gasteiger partial charge in [-0.05, 0) is 50.9 Å². The molecule has 10 heteroatoms. The van der Waals surface area contributed by atoms with E-state index in [1.807, 2.05) is 0 Å². The molecule has 2 saturated heterocycles. The largest absolute Gasteiger partial charge is 0.391 e. The Labute approximate surface area is 170 Å². The van der Waals surface area contributed by atoms with Crippen LogP contribution in [0.4, 0.5) is 13.2 Å². The maximum absolute atomic E-state index is 13.1. The van der Waals surface area contributed by atoms with E-state index in [0.29, 0.717) is 25.5 Å². The zero-order valence-corrected chi connectivity index (χ0v) is 16.8. The summed E-state index contributed by atoms with van der Waals surface area (Å²) in [5, 5.41) is 16.7. The summed E-state index contributed by atoms with van der Waals surface area (Å²) in [4.78, 5) is 0. The lowest BCUT2D eigenvalue weighted by molar-refractivity contribution is -0.184. The molecule has 2 aliphatic carbocycles. The molecular formula is C19H34F3N5O2. The molecule has 4 aliphatic rings. The fourth-order valence-corrected chi connectivity index (χ4v) is 4.37. The third kappa shape index (κ3) is 6.75. The predicted octanol–water partition coefficient (Wildman–Crippen LogP) is 1.53. The van der Waals surface area contributed by atoms with Gasteiger partial charge in [0.1, 0.15) is 12.6 Å². The Morgan fingerprint density at radius 1 is 0.966 bits per heavy atom. The van der Waals surface area contributed by atoms with Gasteiger partial charge in [0.2, 0.25) is 0 Å². The summed E-state index contributed by atoms with van der Waals surface area (Å²) in [6.07, 6.45) is 1.40. The van der Waals surface area contributed by atoms with Crippen LogP contribution in [-0.4, -0.2) is 57.0 Å². The average Bonchev–Trinajstić information content (AvgIpc) is 3.37. The molecule has 6 unspecified atom stereocenters. The van der Waals surface area contributed by atoms with Crippen LogP contribution >= 0.6 is 0 Å². The first kappa shape index (κ1) is 21.7. The summed E-state index contributed by atoms with van der Waals surface area (Å²) in [5.74, 6) is -0.588. The van der Waals surface area contributed by atoms with E-state index >= 15 is 0 Å². The van der Waals surface area contributed by atoms with Gasteiger partial charge in [-0.1, -0.05) is 6.42 Å². The average molecular weight is 422 g/mol. The molecule has 0 aromatic carbocycles. The summed E-state index contributed by atoms with van der Waals surface area (Å²) in [7, 11) is 0. The minimum atomic E-state index is -4.11. The van der Waals surface area contributed by atoms with Crippen molar-refractivity contribution < 1.29 is 22.6 Å². The second-order valence-corrected chi connectivity index (χ2v) is 8.83. The molecule has 29 heavy (non-hydrogen) atoms. The Morgan fingerprint density at radius 3 is 2.52 bits per heavy atom. The van der Waals surface area contributed by atoms with E-state index in [1.54, 1.807) is 0 Å². The van der Waals surface area contributed by atoms with Crippen LogP contribution in [0.3, 0.4) is 0 Å². The van der Waals surface area contributed by atoms with Gasteiger partial charge in [0.25, 0.3) is 0 Å². The molecule has 7 nitrogen and oxygen atoms in total. The van der Waals surface area contributed by atoms with E-state index in [9.17, 15) is 13.2 Å². The predicted molar refractivity (Wildman–Crippen MR) is 101 cm³/mol. The van der Waals surface area contributed by atoms with Gasteiger partial charge < -0.3 is 9.47 Å². The molecule has 2 saturated carbocycles. The van der Waals surface area contributed by atoms with Gasteiger partial charge in [-0.15, -0.1) is 0 Å². The van der Waals surface area contributed by atoms with Crippen molar-refractivity contribution in [3.8, 4) is 0 Å². The van der Waals surface area contributed by atoms with Crippen molar-refractivity contribution in [2.45, 2.75) is 88.6 Å². The first-order chi connectivity index (χ1) is 14.0. The van der Waals surface area contributed by atoms with Gasteiger partial charge >= 0.3 is 6.18 Å². The number of hydrogen-bond donors (Lipinski definition) is 5. The van der Waals surface area contributed by atoms with Gasteiger partial charge in [-0.25, -0.2) is 0 Å². The fourth-order valence-electron chi connectivity index (χ4n) is 4.37. The number of ether oxygens (including phenoxy) is 2. The molecule has 4 fully saturated rings. The van der Waals surface area contributed by atoms with Crippen LogP contribution in [0.15, 0.2) is 0 Å². The highest BCUT2D eigenvalue weighted by molar-refractivity contribution is 4.86. The lowest BCUT2D eigenvalue weighted by Gasteiger charge is -2.42. The molecule has 0 amide bonds. The van der Waals surface area contributed by atoms with E-state index in [4.69, 9.17) is 9.47 Å². The first-order valence-electron chi connectivity index (χ1n) is 11.0. The Kier molecular flexibility index (Phi) is 7.31. The number of rotatable bonds is 8. The molecule has 168 valence electrons. The van der Waals surface area contributed by atoms with E-state index in [1.165, 1.54) is 12.8 Å². The van der Waals surface area contributed by atoms with E-state index in [0.717, 1.165) is 25.9 Å². The van der Waals surface area contributed by atoms with Gasteiger partial charge in [0.15, 0.2) is 6.35 Å². The molecule has 4 rings (SSSR count). The Hall–Kier alpha value is -0.490. The fraction of sp³-hybridized carbons (Fsp3) is 1.00. The molecule has 0 spiro atoms. The van der Waals surface area contributed by atoms with Gasteiger partial charge in [0, 0.05) is 19.2 Å². The van der Waals surface area contributed by atoms with E-state index in [-0.39, 0.29) is 43.9 Å². The highest BCUT2D eigenvalue weighted by Crippen LogP contribution is 2.37. The second kappa shape index (κ2) is 9.76. The van der Waals surface area contributed by atoms with E-state index < -0.39 is 12.1 Å². The summed E-state index contributed by atoms with van der Waals surface area (Å²) in [6, 6.07) is -0.179. The van der Waals surface area contributed by atoms with Gasteiger partial charge in [-0.3, -0.25) is 26.6 Å². The standard InChI is InChI=1S/C19H34F3N5O2/c20-19(21,22)13-3-1-4-14(9-13)24-17-25-16(23-10-15-5-2-8-28-15)26-18(27-17)29-11-12-6-7-12/h12-18,23-27H,1-11H2. The second-order valence-electron chi connectivity index (χ2n) is 8.83. The summed E-state index contributed by atoms with van der Waals surface area (Å²) >= 11 is 0. The zero-order chi connectivity index (χ0) is 20.3. The molecule has 2 heterocycles. The van der Waals surface area contributed by atoms with Crippen LogP contribution in [0.1, 0.15) is 51.4 Å². The molecule has 0 aromatic rings. The minimum absolute atomic E-state index is 0.123. The minimum Gasteiger partial charge on any atom is -0.377 e. The quantitative estimate of drug-likeness (QED) is 0.407. The van der Waals surface area contributed by atoms with E-state index in [2.05, 4.69) is 26.6 Å². The molecule has 0 bridgehead atoms. The Morgan fingerprint density at radius 2 is 1.79 bits per heavy atom. The zero-order valence-electron chi connectivity index (χ0n) is 16.8. The van der Waals surface area contributed by atoms with Crippen molar-refractivity contribution in [2.24, 2.45) is 11.8 Å². The van der Waals surface area contributed by atoms with Crippen LogP contribution < -0.4 is 26.6 Å². The molecule has 5 N–H and O–H groups in total. The molecule has 0 radical (unpaired) electrons. The molecule has 6 atom stereocenters. The number of hydrogen-bond acceptors (Lipinski definition) is 7. The molecule has 0 aromatic heterocycles. The third-order valence-corrected chi connectivity index (χ3v) is 6.28. The highest BCUT2D eigenvalue weighted by atomic mass is 19.4. The number of alkyl halides is 3. The molecular weight excluding hydrogens is 387 g/mol. The maximum Gasteiger partial charge on any atom is 0.391 e. The topological polar surface area (TPSA) is 78.6 Å². The number of nitrogens with one attached hydrogen (secondary N) is 5. The van der Waals surface area contributed by atoms with Crippen molar-refractivity contribution in [3.05, 3.63) is 0 Å². The lowest BCUT2D eigenvalue weighted by atomic mass is 9.85. The van der Waals surface area contributed by atoms with Crippen molar-refractivity contribution in [2.75, 3.05) is 19.8 Å². The van der Waals surface area contributed by atoms with Gasteiger partial charge in [0.05, 0.1) is 18.6 Å². The van der Waals surface area contributed by atoms with Crippen molar-refractivity contribution >= 4 is 0 Å². The van der Waals surface area contributed by atoms with Crippen LogP contribution in [0.5, 0.6) is 0 Å². The lowest BCUT2D eigenvalue weighted by Crippen LogP contribution is -2.76. The SMILES string of the molecule is FC(F)(F)C1CCCC(NC2NC(NCC3CCCO3)NC(OCC3CC3)N2)C1. The maximum atomic E-state index is 13.1. The smallest absolute Gasteiger partial charge is 0.377 e. The van der Waals surface area contributed by atoms with Crippen molar-refractivity contribution in [3.63, 3.8) is 0 Å². The highest BCUT2D eigenvalue weighted by Gasteiger charge is 2.42. The summed E-state index contributed by atoms with van der Waals surface area (Å²) in [5.41, 5.74) is 0. The Bertz CT molecular complexity index is 517. The van der Waals surface area contributed by atoms with Crippen LogP contribution in [0, 0.1) is 11.8 Å².